The maximum Gasteiger partial charge on any atom is 0.146 e. The second-order valence-corrected chi connectivity index (χ2v) is 3.95. The van der Waals surface area contributed by atoms with E-state index in [4.69, 9.17) is 0 Å². The van der Waals surface area contributed by atoms with Crippen molar-refractivity contribution in [3.8, 4) is 0 Å². The second kappa shape index (κ2) is 4.27. The Morgan fingerprint density at radius 2 is 2.07 bits per heavy atom. The monoisotopic (exact) mass is 191 g/mol. The lowest BCUT2D eigenvalue weighted by atomic mass is 10.0. The molecule has 0 aliphatic rings. The van der Waals surface area contributed by atoms with Crippen LogP contribution in [-0.2, 0) is 4.79 Å². The minimum absolute atomic E-state index is 0.280. The van der Waals surface area contributed by atoms with Gasteiger partial charge in [0.25, 0.3) is 0 Å². The summed E-state index contributed by atoms with van der Waals surface area (Å²) in [6, 6.07) is 2.06. The molecule has 0 aliphatic carbocycles. The van der Waals surface area contributed by atoms with Gasteiger partial charge in [-0.05, 0) is 43.0 Å². The van der Waals surface area contributed by atoms with Crippen LogP contribution in [0.1, 0.15) is 30.8 Å². The van der Waals surface area contributed by atoms with E-state index in [0.29, 0.717) is 0 Å². The normalized spacial score (nSPS) is 12.2. The molecule has 0 aliphatic heterocycles. The van der Waals surface area contributed by atoms with Crippen LogP contribution < -0.4 is 0 Å². The number of aromatic amines is 1. The summed E-state index contributed by atoms with van der Waals surface area (Å²) in [4.78, 5) is 14.0. The zero-order valence-corrected chi connectivity index (χ0v) is 9.22. The van der Waals surface area contributed by atoms with Gasteiger partial charge in [0.2, 0.25) is 0 Å². The third-order valence-electron chi connectivity index (χ3n) is 2.31. The third kappa shape index (κ3) is 2.34. The molecule has 0 saturated carbocycles. The lowest BCUT2D eigenvalue weighted by Gasteiger charge is -2.02. The van der Waals surface area contributed by atoms with Crippen molar-refractivity contribution in [1.29, 1.82) is 0 Å². The highest BCUT2D eigenvalue weighted by molar-refractivity contribution is 5.82. The Kier molecular flexibility index (Phi) is 3.28. The fourth-order valence-corrected chi connectivity index (χ4v) is 1.41. The summed E-state index contributed by atoms with van der Waals surface area (Å²) < 4.78 is 0. The Hall–Kier alpha value is -1.31. The Bertz CT molecular complexity index is 358. The molecule has 0 atom stereocenters. The van der Waals surface area contributed by atoms with Gasteiger partial charge in [-0.1, -0.05) is 13.8 Å². The quantitative estimate of drug-likeness (QED) is 0.578. The van der Waals surface area contributed by atoms with Crippen LogP contribution in [-0.4, -0.2) is 11.3 Å². The number of aldehydes is 1. The van der Waals surface area contributed by atoms with Crippen LogP contribution >= 0.6 is 0 Å². The van der Waals surface area contributed by atoms with Crippen LogP contribution in [0.2, 0.25) is 0 Å². The highest BCUT2D eigenvalue weighted by atomic mass is 16.1. The number of aryl methyl sites for hydroxylation is 2. The number of rotatable bonds is 3. The lowest BCUT2D eigenvalue weighted by molar-refractivity contribution is -0.105. The van der Waals surface area contributed by atoms with E-state index in [9.17, 15) is 4.79 Å². The molecule has 0 unspecified atom stereocenters. The maximum absolute atomic E-state index is 10.8. The zero-order chi connectivity index (χ0) is 10.7. The highest BCUT2D eigenvalue weighted by Crippen LogP contribution is 2.16. The molecule has 76 valence electrons. The minimum atomic E-state index is 0.280. The minimum Gasteiger partial charge on any atom is -0.362 e. The first-order chi connectivity index (χ1) is 6.54. The molecule has 0 saturated heterocycles. The summed E-state index contributed by atoms with van der Waals surface area (Å²) in [5, 5.41) is 0. The molecule has 2 heteroatoms. The number of nitrogens with one attached hydrogen (secondary N) is 1. The van der Waals surface area contributed by atoms with Gasteiger partial charge < -0.3 is 4.98 Å². The van der Waals surface area contributed by atoms with Crippen molar-refractivity contribution < 1.29 is 4.79 Å². The van der Waals surface area contributed by atoms with Crippen molar-refractivity contribution in [2.24, 2.45) is 5.92 Å². The van der Waals surface area contributed by atoms with Crippen LogP contribution in [0.4, 0.5) is 0 Å². The first kappa shape index (κ1) is 10.8. The summed E-state index contributed by atoms with van der Waals surface area (Å²) in [7, 11) is 0. The fraction of sp³-hybridized carbons (Fsp3) is 0.417. The molecular formula is C12H17NO. The van der Waals surface area contributed by atoms with Crippen LogP contribution in [0.5, 0.6) is 0 Å². The number of hydrogen-bond acceptors (Lipinski definition) is 1. The van der Waals surface area contributed by atoms with E-state index in [1.54, 1.807) is 0 Å². The number of aromatic nitrogens is 1. The number of H-pyrrole nitrogens is 1. The molecule has 0 aromatic carbocycles. The molecule has 2 nitrogen and oxygen atoms in total. The van der Waals surface area contributed by atoms with Gasteiger partial charge in [0.15, 0.2) is 0 Å². The van der Waals surface area contributed by atoms with Crippen LogP contribution in [0, 0.1) is 19.8 Å². The van der Waals surface area contributed by atoms with Gasteiger partial charge in [-0.15, -0.1) is 0 Å². The fourth-order valence-electron chi connectivity index (χ4n) is 1.41. The molecule has 1 rings (SSSR count). The van der Waals surface area contributed by atoms with E-state index in [-0.39, 0.29) is 5.92 Å². The van der Waals surface area contributed by atoms with E-state index in [2.05, 4.69) is 11.1 Å². The molecule has 14 heavy (non-hydrogen) atoms. The zero-order valence-electron chi connectivity index (χ0n) is 9.22. The predicted molar refractivity (Wildman–Crippen MR) is 59.1 cm³/mol. The molecule has 0 amide bonds. The average molecular weight is 191 g/mol. The van der Waals surface area contributed by atoms with Gasteiger partial charge >= 0.3 is 0 Å². The van der Waals surface area contributed by atoms with Crippen LogP contribution in [0.3, 0.4) is 0 Å². The van der Waals surface area contributed by atoms with Gasteiger partial charge in [-0.25, -0.2) is 0 Å². The van der Waals surface area contributed by atoms with Crippen molar-refractivity contribution >= 4 is 12.4 Å². The number of hydrogen-bond donors (Lipinski definition) is 1. The van der Waals surface area contributed by atoms with E-state index >= 15 is 0 Å². The van der Waals surface area contributed by atoms with Gasteiger partial charge in [0.05, 0.1) is 0 Å². The summed E-state index contributed by atoms with van der Waals surface area (Å²) in [6.07, 6.45) is 2.89. The Morgan fingerprint density at radius 3 is 2.43 bits per heavy atom. The molecule has 0 spiro atoms. The van der Waals surface area contributed by atoms with Crippen molar-refractivity contribution in [1.82, 2.24) is 4.98 Å². The van der Waals surface area contributed by atoms with E-state index in [1.165, 1.54) is 0 Å². The predicted octanol–water partition coefficient (Wildman–Crippen LogP) is 2.87. The Balaban J connectivity index is 3.05. The molecule has 1 aromatic heterocycles. The SMILES string of the molecule is Cc1cc(/C=C(\C=O)C(C)C)c(C)[nH]1. The number of carbonyl (C=O) groups excluding carboxylic acids is 1. The van der Waals surface area contributed by atoms with Gasteiger partial charge in [-0.3, -0.25) is 4.79 Å². The average Bonchev–Trinajstić information content (AvgIpc) is 2.40. The maximum atomic E-state index is 10.8. The van der Waals surface area contributed by atoms with E-state index < -0.39 is 0 Å². The lowest BCUT2D eigenvalue weighted by Crippen LogP contribution is -1.94. The van der Waals surface area contributed by atoms with Crippen LogP contribution in [0.25, 0.3) is 6.08 Å². The van der Waals surface area contributed by atoms with Crippen molar-refractivity contribution in [3.05, 3.63) is 28.6 Å². The summed E-state index contributed by atoms with van der Waals surface area (Å²) in [5.41, 5.74) is 4.19. The van der Waals surface area contributed by atoms with Crippen molar-refractivity contribution in [2.75, 3.05) is 0 Å². The van der Waals surface area contributed by atoms with Gasteiger partial charge in [-0.2, -0.15) is 0 Å². The molecule has 0 bridgehead atoms. The standard InChI is InChI=1S/C12H17NO/c1-8(2)12(7-14)6-11-5-9(3)13-10(11)4/h5-8,13H,1-4H3/b12-6+. The summed E-state index contributed by atoms with van der Waals surface area (Å²) >= 11 is 0. The smallest absolute Gasteiger partial charge is 0.146 e. The molecule has 0 fully saturated rings. The highest BCUT2D eigenvalue weighted by Gasteiger charge is 2.04. The number of carbonyl (C=O) groups is 1. The largest absolute Gasteiger partial charge is 0.362 e. The molecular weight excluding hydrogens is 174 g/mol. The van der Waals surface area contributed by atoms with Gasteiger partial charge in [0.1, 0.15) is 6.29 Å². The van der Waals surface area contributed by atoms with E-state index in [1.807, 2.05) is 33.8 Å². The summed E-state index contributed by atoms with van der Waals surface area (Å²) in [6.45, 7) is 8.08. The molecule has 0 radical (unpaired) electrons. The number of allylic oxidation sites excluding steroid dienone is 1. The Labute approximate surface area is 85.0 Å². The van der Waals surface area contributed by atoms with E-state index in [0.717, 1.165) is 28.8 Å². The topological polar surface area (TPSA) is 32.9 Å². The van der Waals surface area contributed by atoms with Crippen molar-refractivity contribution in [3.63, 3.8) is 0 Å². The van der Waals surface area contributed by atoms with Gasteiger partial charge in [0, 0.05) is 11.4 Å². The first-order valence-electron chi connectivity index (χ1n) is 4.87. The summed E-state index contributed by atoms with van der Waals surface area (Å²) in [5.74, 6) is 0.280. The molecule has 1 aromatic rings. The second-order valence-electron chi connectivity index (χ2n) is 3.95. The first-order valence-corrected chi connectivity index (χ1v) is 4.87. The van der Waals surface area contributed by atoms with Crippen molar-refractivity contribution in [2.45, 2.75) is 27.7 Å². The third-order valence-corrected chi connectivity index (χ3v) is 2.31. The molecule has 1 N–H and O–H groups in total. The molecule has 1 heterocycles. The van der Waals surface area contributed by atoms with Crippen LogP contribution in [0.15, 0.2) is 11.6 Å². The Morgan fingerprint density at radius 1 is 1.43 bits per heavy atom.